The molecule has 0 spiro atoms. The number of ether oxygens (including phenoxy) is 1. The van der Waals surface area contributed by atoms with Crippen molar-refractivity contribution in [1.29, 1.82) is 0 Å². The first kappa shape index (κ1) is 9.25. The monoisotopic (exact) mass is 221 g/mol. The first-order chi connectivity index (χ1) is 7.25. The van der Waals surface area contributed by atoms with Crippen molar-refractivity contribution in [2.45, 2.75) is 25.0 Å². The Morgan fingerprint density at radius 3 is 3.07 bits per heavy atom. The number of rotatable bonds is 0. The van der Waals surface area contributed by atoms with Gasteiger partial charge in [-0.15, -0.1) is 0 Å². The van der Waals surface area contributed by atoms with Crippen LogP contribution in [0.15, 0.2) is 24.3 Å². The maximum absolute atomic E-state index is 6.16. The zero-order valence-corrected chi connectivity index (χ0v) is 9.21. The van der Waals surface area contributed by atoms with Crippen molar-refractivity contribution in [2.24, 2.45) is 0 Å². The van der Waals surface area contributed by atoms with Crippen LogP contribution in [0, 0.1) is 0 Å². The van der Waals surface area contributed by atoms with Crippen molar-refractivity contribution in [3.8, 4) is 0 Å². The number of hydrogen-bond acceptors (Lipinski definition) is 1. The van der Waals surface area contributed by atoms with Crippen LogP contribution in [-0.2, 0) is 11.2 Å². The highest BCUT2D eigenvalue weighted by Gasteiger charge is 2.26. The fourth-order valence-electron chi connectivity index (χ4n) is 2.24. The molecule has 2 atom stereocenters. The molecule has 1 aromatic heterocycles. The van der Waals surface area contributed by atoms with Gasteiger partial charge in [0, 0.05) is 17.3 Å². The quantitative estimate of drug-likeness (QED) is 0.678. The van der Waals surface area contributed by atoms with E-state index in [1.807, 2.05) is 6.07 Å². The molecule has 0 fully saturated rings. The summed E-state index contributed by atoms with van der Waals surface area (Å²) >= 11 is 6.16. The minimum atomic E-state index is -0.337. The van der Waals surface area contributed by atoms with Crippen molar-refractivity contribution in [2.75, 3.05) is 0 Å². The van der Waals surface area contributed by atoms with Crippen LogP contribution in [0.4, 0.5) is 0 Å². The molecule has 2 aromatic rings. The Morgan fingerprint density at radius 1 is 1.40 bits per heavy atom. The molecule has 0 radical (unpaired) electrons. The summed E-state index contributed by atoms with van der Waals surface area (Å²) in [4.78, 5) is 3.33. The summed E-state index contributed by atoms with van der Waals surface area (Å²) in [7, 11) is 0. The van der Waals surface area contributed by atoms with Crippen molar-refractivity contribution in [1.82, 2.24) is 4.98 Å². The predicted molar refractivity (Wildman–Crippen MR) is 61.1 cm³/mol. The Balaban J connectivity index is 2.27. The molecule has 0 saturated heterocycles. The third-order valence-corrected chi connectivity index (χ3v) is 3.24. The lowest BCUT2D eigenvalue weighted by Gasteiger charge is -2.23. The number of aromatic nitrogens is 1. The Hall–Kier alpha value is -0.990. The molecule has 2 unspecified atom stereocenters. The second-order valence-electron chi connectivity index (χ2n) is 4.03. The molecule has 3 rings (SSSR count). The van der Waals surface area contributed by atoms with Crippen molar-refractivity contribution >= 4 is 22.5 Å². The van der Waals surface area contributed by atoms with Gasteiger partial charge in [0.1, 0.15) is 0 Å². The maximum Gasteiger partial charge on any atom is 0.171 e. The molecular weight excluding hydrogens is 210 g/mol. The lowest BCUT2D eigenvalue weighted by molar-refractivity contribution is 0.0289. The molecule has 0 amide bonds. The predicted octanol–water partition coefficient (Wildman–Crippen LogP) is 3.37. The van der Waals surface area contributed by atoms with E-state index in [1.54, 1.807) is 0 Å². The normalized spacial score (nSPS) is 25.5. The summed E-state index contributed by atoms with van der Waals surface area (Å²) in [6.45, 7) is 2.06. The van der Waals surface area contributed by atoms with Crippen LogP contribution in [0.2, 0.25) is 0 Å². The second kappa shape index (κ2) is 3.26. The van der Waals surface area contributed by atoms with Crippen molar-refractivity contribution in [3.63, 3.8) is 0 Å². The number of aromatic amines is 1. The number of H-pyrrole nitrogens is 1. The van der Waals surface area contributed by atoms with E-state index in [1.165, 1.54) is 10.9 Å². The Morgan fingerprint density at radius 2 is 2.20 bits per heavy atom. The zero-order valence-electron chi connectivity index (χ0n) is 8.46. The van der Waals surface area contributed by atoms with Gasteiger partial charge in [-0.25, -0.2) is 0 Å². The number of para-hydroxylation sites is 1. The van der Waals surface area contributed by atoms with E-state index >= 15 is 0 Å². The molecule has 1 N–H and O–H groups in total. The number of fused-ring (bicyclic) bond motifs is 3. The first-order valence-corrected chi connectivity index (χ1v) is 5.58. The molecule has 15 heavy (non-hydrogen) atoms. The molecule has 78 valence electrons. The standard InChI is InChI=1S/C12H12ClNO/c1-7-6-9-8-4-2-3-5-10(8)14-11(9)12(13)15-7/h2-5,7,12,14H,6H2,1H3. The minimum Gasteiger partial charge on any atom is -0.355 e. The summed E-state index contributed by atoms with van der Waals surface area (Å²) in [5, 5.41) is 1.27. The molecule has 1 aliphatic heterocycles. The summed E-state index contributed by atoms with van der Waals surface area (Å²) < 4.78 is 5.58. The smallest absolute Gasteiger partial charge is 0.171 e. The highest BCUT2D eigenvalue weighted by Crippen LogP contribution is 2.36. The Labute approximate surface area is 93.2 Å². The third-order valence-electron chi connectivity index (χ3n) is 2.92. The van der Waals surface area contributed by atoms with E-state index in [0.717, 1.165) is 17.6 Å². The molecule has 2 heterocycles. The van der Waals surface area contributed by atoms with Crippen LogP contribution in [0.5, 0.6) is 0 Å². The van der Waals surface area contributed by atoms with Crippen molar-refractivity contribution in [3.05, 3.63) is 35.5 Å². The number of nitrogens with one attached hydrogen (secondary N) is 1. The van der Waals surface area contributed by atoms with Crippen LogP contribution in [-0.4, -0.2) is 11.1 Å². The van der Waals surface area contributed by atoms with Gasteiger partial charge in [-0.05, 0) is 18.6 Å². The number of halogens is 1. The fourth-order valence-corrected chi connectivity index (χ4v) is 2.60. The zero-order chi connectivity index (χ0) is 10.4. The molecule has 1 aromatic carbocycles. The molecule has 0 aliphatic carbocycles. The van der Waals surface area contributed by atoms with Crippen LogP contribution < -0.4 is 0 Å². The number of benzene rings is 1. The van der Waals surface area contributed by atoms with E-state index in [-0.39, 0.29) is 11.7 Å². The summed E-state index contributed by atoms with van der Waals surface area (Å²) in [6, 6.07) is 8.28. The van der Waals surface area contributed by atoms with Gasteiger partial charge >= 0.3 is 0 Å². The minimum absolute atomic E-state index is 0.194. The highest BCUT2D eigenvalue weighted by molar-refractivity contribution is 6.20. The van der Waals surface area contributed by atoms with Crippen LogP contribution in [0.3, 0.4) is 0 Å². The maximum atomic E-state index is 6.16. The molecule has 0 saturated carbocycles. The topological polar surface area (TPSA) is 25.0 Å². The average molecular weight is 222 g/mol. The van der Waals surface area contributed by atoms with Crippen LogP contribution in [0.25, 0.3) is 10.9 Å². The lowest BCUT2D eigenvalue weighted by Crippen LogP contribution is -2.20. The van der Waals surface area contributed by atoms with E-state index in [9.17, 15) is 0 Å². The summed E-state index contributed by atoms with van der Waals surface area (Å²) in [5.74, 6) is 0. The lowest BCUT2D eigenvalue weighted by atomic mass is 10.0. The van der Waals surface area contributed by atoms with Gasteiger partial charge in [0.2, 0.25) is 0 Å². The van der Waals surface area contributed by atoms with Gasteiger partial charge in [0.15, 0.2) is 5.56 Å². The van der Waals surface area contributed by atoms with Gasteiger partial charge in [0.05, 0.1) is 11.8 Å². The third kappa shape index (κ3) is 1.36. The van der Waals surface area contributed by atoms with Crippen molar-refractivity contribution < 1.29 is 4.74 Å². The van der Waals surface area contributed by atoms with Crippen LogP contribution >= 0.6 is 11.6 Å². The van der Waals surface area contributed by atoms with E-state index < -0.39 is 0 Å². The molecule has 2 nitrogen and oxygen atoms in total. The summed E-state index contributed by atoms with van der Waals surface area (Å²) in [6.07, 6.45) is 1.13. The SMILES string of the molecule is CC1Cc2c([nH]c3ccccc23)C(Cl)O1. The van der Waals surface area contributed by atoms with Gasteiger partial charge < -0.3 is 9.72 Å². The van der Waals surface area contributed by atoms with Gasteiger partial charge in [-0.1, -0.05) is 29.8 Å². The largest absolute Gasteiger partial charge is 0.355 e. The summed E-state index contributed by atoms with van der Waals surface area (Å²) in [5.41, 5.74) is 3.14. The Kier molecular flexibility index (Phi) is 2.01. The number of alkyl halides is 1. The van der Waals surface area contributed by atoms with Crippen LogP contribution in [0.1, 0.15) is 23.7 Å². The fraction of sp³-hybridized carbons (Fsp3) is 0.333. The van der Waals surface area contributed by atoms with Gasteiger partial charge in [-0.3, -0.25) is 0 Å². The average Bonchev–Trinajstić information content (AvgIpc) is 2.57. The molecule has 3 heteroatoms. The van der Waals surface area contributed by atoms with E-state index in [4.69, 9.17) is 16.3 Å². The van der Waals surface area contributed by atoms with E-state index in [2.05, 4.69) is 30.1 Å². The first-order valence-electron chi connectivity index (χ1n) is 5.14. The van der Waals surface area contributed by atoms with E-state index in [0.29, 0.717) is 0 Å². The Bertz CT molecular complexity index is 505. The number of hydrogen-bond donors (Lipinski definition) is 1. The molecular formula is C12H12ClNO. The molecule has 1 aliphatic rings. The highest BCUT2D eigenvalue weighted by atomic mass is 35.5. The second-order valence-corrected chi connectivity index (χ2v) is 4.43. The molecule has 0 bridgehead atoms. The van der Waals surface area contributed by atoms with Gasteiger partial charge in [0.25, 0.3) is 0 Å². The van der Waals surface area contributed by atoms with Gasteiger partial charge in [-0.2, -0.15) is 0 Å².